The van der Waals surface area contributed by atoms with E-state index in [0.29, 0.717) is 18.5 Å². The maximum atomic E-state index is 12.1. The van der Waals surface area contributed by atoms with Crippen LogP contribution >= 0.6 is 0 Å². The Kier molecular flexibility index (Phi) is 5.21. The van der Waals surface area contributed by atoms with Crippen LogP contribution in [-0.2, 0) is 11.2 Å². The first kappa shape index (κ1) is 16.2. The minimum atomic E-state index is -0.152. The Morgan fingerprint density at radius 1 is 1.17 bits per heavy atom. The quantitative estimate of drug-likeness (QED) is 0.885. The van der Waals surface area contributed by atoms with E-state index in [0.717, 1.165) is 19.4 Å². The highest BCUT2D eigenvalue weighted by Crippen LogP contribution is 2.13. The summed E-state index contributed by atoms with van der Waals surface area (Å²) in [5.74, 6) is -0.0376. The molecule has 5 heteroatoms. The Balaban J connectivity index is 1.46. The molecule has 124 valence electrons. The molecule has 2 aromatic rings. The van der Waals surface area contributed by atoms with Crippen LogP contribution in [0.3, 0.4) is 0 Å². The first-order valence-electron chi connectivity index (χ1n) is 8.25. The normalized spacial score (nSPS) is 17.1. The molecule has 1 atom stereocenters. The number of carbonyl (C=O) groups excluding carboxylic acids is 2. The average molecular weight is 323 g/mol. The minimum Gasteiger partial charge on any atom is -0.347 e. The number of nitrogens with zero attached hydrogens (tertiary/aromatic N) is 2. The monoisotopic (exact) mass is 323 g/mol. The van der Waals surface area contributed by atoms with Crippen LogP contribution in [0.4, 0.5) is 0 Å². The van der Waals surface area contributed by atoms with Gasteiger partial charge in [-0.2, -0.15) is 0 Å². The van der Waals surface area contributed by atoms with Gasteiger partial charge < -0.3 is 10.2 Å². The van der Waals surface area contributed by atoms with E-state index in [4.69, 9.17) is 0 Å². The largest absolute Gasteiger partial charge is 0.347 e. The Morgan fingerprint density at radius 2 is 1.92 bits per heavy atom. The number of aryl methyl sites for hydroxylation is 1. The van der Waals surface area contributed by atoms with E-state index in [-0.39, 0.29) is 17.9 Å². The molecule has 5 nitrogen and oxygen atoms in total. The molecular formula is C19H21N3O2. The summed E-state index contributed by atoms with van der Waals surface area (Å²) >= 11 is 0. The Labute approximate surface area is 141 Å². The third-order valence-electron chi connectivity index (χ3n) is 4.23. The van der Waals surface area contributed by atoms with Gasteiger partial charge in [0.2, 0.25) is 5.91 Å². The van der Waals surface area contributed by atoms with Crippen LogP contribution in [0.1, 0.15) is 28.8 Å². The van der Waals surface area contributed by atoms with Crippen molar-refractivity contribution in [2.75, 3.05) is 13.1 Å². The second-order valence-electron chi connectivity index (χ2n) is 6.04. The van der Waals surface area contributed by atoms with Gasteiger partial charge in [0.05, 0.1) is 6.04 Å². The molecule has 1 fully saturated rings. The van der Waals surface area contributed by atoms with Crippen molar-refractivity contribution in [3.8, 4) is 0 Å². The van der Waals surface area contributed by atoms with E-state index < -0.39 is 0 Å². The number of carbonyl (C=O) groups is 2. The molecule has 0 saturated carbocycles. The molecule has 1 aliphatic rings. The molecule has 1 aromatic heterocycles. The zero-order valence-electron chi connectivity index (χ0n) is 13.5. The van der Waals surface area contributed by atoms with E-state index in [1.54, 1.807) is 24.5 Å². The standard InChI is InChI=1S/C19H21N3O2/c23-18-13-17(21-19(24)16-8-10-20-11-9-16)14-22(18)12-4-7-15-5-2-1-3-6-15/h1-3,5-6,8-11,17H,4,7,12-14H2,(H,21,24)/t17-/m1/s1. The smallest absolute Gasteiger partial charge is 0.251 e. The van der Waals surface area contributed by atoms with E-state index in [2.05, 4.69) is 22.4 Å². The molecule has 0 unspecified atom stereocenters. The highest BCUT2D eigenvalue weighted by Gasteiger charge is 2.30. The maximum absolute atomic E-state index is 12.1. The number of amides is 2. The van der Waals surface area contributed by atoms with Gasteiger partial charge in [-0.25, -0.2) is 0 Å². The summed E-state index contributed by atoms with van der Waals surface area (Å²) in [5, 5.41) is 2.93. The van der Waals surface area contributed by atoms with Gasteiger partial charge in [-0.05, 0) is 30.5 Å². The predicted molar refractivity (Wildman–Crippen MR) is 91.5 cm³/mol. The van der Waals surface area contributed by atoms with Gasteiger partial charge in [0.15, 0.2) is 0 Å². The van der Waals surface area contributed by atoms with Crippen LogP contribution in [0.25, 0.3) is 0 Å². The lowest BCUT2D eigenvalue weighted by Gasteiger charge is -2.17. The molecule has 3 rings (SSSR count). The number of rotatable bonds is 6. The van der Waals surface area contributed by atoms with Gasteiger partial charge in [0.25, 0.3) is 5.91 Å². The summed E-state index contributed by atoms with van der Waals surface area (Å²) in [7, 11) is 0. The van der Waals surface area contributed by atoms with Crippen molar-refractivity contribution in [1.82, 2.24) is 15.2 Å². The summed E-state index contributed by atoms with van der Waals surface area (Å²) in [6, 6.07) is 13.5. The van der Waals surface area contributed by atoms with Crippen LogP contribution in [0, 0.1) is 0 Å². The van der Waals surface area contributed by atoms with Crippen LogP contribution < -0.4 is 5.32 Å². The molecule has 0 aliphatic carbocycles. The maximum Gasteiger partial charge on any atom is 0.251 e. The third kappa shape index (κ3) is 4.19. The van der Waals surface area contributed by atoms with Crippen molar-refractivity contribution in [2.24, 2.45) is 0 Å². The van der Waals surface area contributed by atoms with E-state index in [9.17, 15) is 9.59 Å². The summed E-state index contributed by atoms with van der Waals surface area (Å²) in [6.45, 7) is 1.32. The number of benzene rings is 1. The summed E-state index contributed by atoms with van der Waals surface area (Å²) in [5.41, 5.74) is 1.85. The third-order valence-corrected chi connectivity index (χ3v) is 4.23. The number of aromatic nitrogens is 1. The predicted octanol–water partition coefficient (Wildman–Crippen LogP) is 2.05. The van der Waals surface area contributed by atoms with Crippen molar-refractivity contribution < 1.29 is 9.59 Å². The second kappa shape index (κ2) is 7.73. The molecule has 2 amide bonds. The van der Waals surface area contributed by atoms with Crippen molar-refractivity contribution >= 4 is 11.8 Å². The van der Waals surface area contributed by atoms with E-state index >= 15 is 0 Å². The number of nitrogens with one attached hydrogen (secondary N) is 1. The van der Waals surface area contributed by atoms with Gasteiger partial charge in [0, 0.05) is 37.5 Å². The van der Waals surface area contributed by atoms with E-state index in [1.807, 2.05) is 23.1 Å². The number of pyridine rings is 1. The van der Waals surface area contributed by atoms with Crippen LogP contribution in [0.2, 0.25) is 0 Å². The van der Waals surface area contributed by atoms with Gasteiger partial charge in [-0.15, -0.1) is 0 Å². The number of likely N-dealkylation sites (tertiary alicyclic amines) is 1. The molecule has 0 spiro atoms. The fraction of sp³-hybridized carbons (Fsp3) is 0.316. The van der Waals surface area contributed by atoms with Crippen molar-refractivity contribution in [3.05, 3.63) is 66.0 Å². The molecule has 1 aromatic carbocycles. The summed E-state index contributed by atoms with van der Waals surface area (Å²) in [4.78, 5) is 30.0. The van der Waals surface area contributed by atoms with Gasteiger partial charge >= 0.3 is 0 Å². The Bertz CT molecular complexity index is 688. The van der Waals surface area contributed by atoms with Crippen LogP contribution in [-0.4, -0.2) is 40.8 Å². The van der Waals surface area contributed by atoms with Gasteiger partial charge in [0.1, 0.15) is 0 Å². The molecule has 1 aliphatic heterocycles. The van der Waals surface area contributed by atoms with Crippen molar-refractivity contribution in [3.63, 3.8) is 0 Å². The Hall–Kier alpha value is -2.69. The molecule has 0 bridgehead atoms. The highest BCUT2D eigenvalue weighted by molar-refractivity contribution is 5.94. The molecule has 1 N–H and O–H groups in total. The summed E-state index contributed by atoms with van der Waals surface area (Å²) in [6.07, 6.45) is 5.44. The van der Waals surface area contributed by atoms with Crippen molar-refractivity contribution in [2.45, 2.75) is 25.3 Å². The molecule has 24 heavy (non-hydrogen) atoms. The lowest BCUT2D eigenvalue weighted by molar-refractivity contribution is -0.127. The Morgan fingerprint density at radius 3 is 2.67 bits per heavy atom. The zero-order valence-corrected chi connectivity index (χ0v) is 13.5. The SMILES string of the molecule is O=C(N[C@@H]1CC(=O)N(CCCc2ccccc2)C1)c1ccncc1. The lowest BCUT2D eigenvalue weighted by Crippen LogP contribution is -2.37. The number of hydrogen-bond acceptors (Lipinski definition) is 3. The van der Waals surface area contributed by atoms with E-state index in [1.165, 1.54) is 5.56 Å². The molecule has 2 heterocycles. The van der Waals surface area contributed by atoms with Gasteiger partial charge in [-0.3, -0.25) is 14.6 Å². The molecule has 0 radical (unpaired) electrons. The molecule has 1 saturated heterocycles. The lowest BCUT2D eigenvalue weighted by atomic mass is 10.1. The average Bonchev–Trinajstić information content (AvgIpc) is 2.96. The fourth-order valence-corrected chi connectivity index (χ4v) is 2.98. The minimum absolute atomic E-state index is 0.114. The van der Waals surface area contributed by atoms with Crippen LogP contribution in [0.5, 0.6) is 0 Å². The zero-order chi connectivity index (χ0) is 16.8. The first-order chi connectivity index (χ1) is 11.7. The topological polar surface area (TPSA) is 62.3 Å². The second-order valence-corrected chi connectivity index (χ2v) is 6.04. The first-order valence-corrected chi connectivity index (χ1v) is 8.25. The summed E-state index contributed by atoms with van der Waals surface area (Å²) < 4.78 is 0. The van der Waals surface area contributed by atoms with Crippen molar-refractivity contribution in [1.29, 1.82) is 0 Å². The van der Waals surface area contributed by atoms with Crippen LogP contribution in [0.15, 0.2) is 54.9 Å². The number of hydrogen-bond donors (Lipinski definition) is 1. The highest BCUT2D eigenvalue weighted by atomic mass is 16.2. The van der Waals surface area contributed by atoms with Gasteiger partial charge in [-0.1, -0.05) is 30.3 Å². The molecular weight excluding hydrogens is 302 g/mol. The fourth-order valence-electron chi connectivity index (χ4n) is 2.98.